The molecule has 2 aromatic rings. The molecule has 1 N–H and O–H groups in total. The summed E-state index contributed by atoms with van der Waals surface area (Å²) in [6.07, 6.45) is -0.844. The number of rotatable bonds is 7. The van der Waals surface area contributed by atoms with Gasteiger partial charge in [-0.25, -0.2) is 9.59 Å². The van der Waals surface area contributed by atoms with Crippen LogP contribution in [0.2, 0.25) is 0 Å². The molecule has 0 aliphatic heterocycles. The third kappa shape index (κ3) is 5.57. The van der Waals surface area contributed by atoms with E-state index in [1.807, 2.05) is 31.2 Å². The van der Waals surface area contributed by atoms with E-state index in [9.17, 15) is 14.4 Å². The zero-order chi connectivity index (χ0) is 20.7. The fourth-order valence-electron chi connectivity index (χ4n) is 2.43. The molecule has 0 aliphatic rings. The molecule has 0 unspecified atom stereocenters. The number of hydrogen-bond donors (Lipinski definition) is 1. The number of hydrogen-bond acceptors (Lipinski definition) is 6. The van der Waals surface area contributed by atoms with Crippen LogP contribution in [0.1, 0.15) is 38.8 Å². The van der Waals surface area contributed by atoms with E-state index in [-0.39, 0.29) is 22.8 Å². The quantitative estimate of drug-likeness (QED) is 0.737. The number of esters is 2. The molecule has 7 heteroatoms. The van der Waals surface area contributed by atoms with E-state index in [2.05, 4.69) is 14.8 Å². The maximum atomic E-state index is 12.3. The highest BCUT2D eigenvalue weighted by atomic mass is 16.5. The molecule has 0 radical (unpaired) electrons. The second-order valence-electron chi connectivity index (χ2n) is 6.19. The summed E-state index contributed by atoms with van der Waals surface area (Å²) < 4.78 is 15.0. The van der Waals surface area contributed by atoms with Crippen LogP contribution in [0, 0.1) is 6.92 Å². The Hall–Kier alpha value is -3.35. The third-order valence-electron chi connectivity index (χ3n) is 4.02. The Morgan fingerprint density at radius 1 is 0.929 bits per heavy atom. The minimum atomic E-state index is -0.844. The van der Waals surface area contributed by atoms with Crippen molar-refractivity contribution in [3.8, 4) is 5.75 Å². The maximum absolute atomic E-state index is 12.3. The van der Waals surface area contributed by atoms with Crippen LogP contribution in [-0.4, -0.2) is 38.2 Å². The molecule has 148 valence electrons. The van der Waals surface area contributed by atoms with Gasteiger partial charge in [0.05, 0.1) is 25.3 Å². The van der Waals surface area contributed by atoms with Gasteiger partial charge in [-0.1, -0.05) is 29.8 Å². The van der Waals surface area contributed by atoms with Crippen LogP contribution >= 0.6 is 0 Å². The summed E-state index contributed by atoms with van der Waals surface area (Å²) in [6.45, 7) is 3.93. The van der Waals surface area contributed by atoms with Gasteiger partial charge in [-0.3, -0.25) is 4.79 Å². The van der Waals surface area contributed by atoms with Gasteiger partial charge in [0.2, 0.25) is 0 Å². The number of carbonyl (C=O) groups is 3. The second-order valence-corrected chi connectivity index (χ2v) is 6.19. The number of methoxy groups -OCH3 is 2. The van der Waals surface area contributed by atoms with Gasteiger partial charge in [-0.05, 0) is 37.6 Å². The molecule has 0 saturated carbocycles. The highest BCUT2D eigenvalue weighted by molar-refractivity contribution is 5.96. The first-order valence-electron chi connectivity index (χ1n) is 8.65. The Labute approximate surface area is 163 Å². The Balaban J connectivity index is 2.09. The predicted molar refractivity (Wildman–Crippen MR) is 102 cm³/mol. The minimum Gasteiger partial charge on any atom is -0.481 e. The maximum Gasteiger partial charge on any atom is 0.338 e. The highest BCUT2D eigenvalue weighted by Crippen LogP contribution is 2.20. The number of ether oxygens (including phenoxy) is 3. The van der Waals surface area contributed by atoms with Crippen LogP contribution in [0.15, 0.2) is 42.5 Å². The summed E-state index contributed by atoms with van der Waals surface area (Å²) >= 11 is 0. The van der Waals surface area contributed by atoms with E-state index >= 15 is 0 Å². The number of carbonyl (C=O) groups excluding carboxylic acids is 3. The normalized spacial score (nSPS) is 11.3. The molecule has 0 saturated heterocycles. The van der Waals surface area contributed by atoms with Crippen LogP contribution in [0.3, 0.4) is 0 Å². The van der Waals surface area contributed by atoms with E-state index in [1.165, 1.54) is 32.4 Å². The van der Waals surface area contributed by atoms with Crippen molar-refractivity contribution >= 4 is 17.8 Å². The first kappa shape index (κ1) is 21.0. The Bertz CT molecular complexity index is 825. The molecule has 0 aliphatic carbocycles. The summed E-state index contributed by atoms with van der Waals surface area (Å²) in [4.78, 5) is 36.0. The molecule has 0 bridgehead atoms. The summed E-state index contributed by atoms with van der Waals surface area (Å²) in [7, 11) is 2.46. The highest BCUT2D eigenvalue weighted by Gasteiger charge is 2.18. The lowest BCUT2D eigenvalue weighted by Gasteiger charge is -2.16. The predicted octanol–water partition coefficient (Wildman–Crippen LogP) is 2.65. The van der Waals surface area contributed by atoms with Gasteiger partial charge in [0, 0.05) is 6.54 Å². The molecular formula is C21H23NO6. The smallest absolute Gasteiger partial charge is 0.338 e. The van der Waals surface area contributed by atoms with Gasteiger partial charge in [0.15, 0.2) is 6.10 Å². The van der Waals surface area contributed by atoms with E-state index < -0.39 is 18.0 Å². The van der Waals surface area contributed by atoms with Crippen LogP contribution in [0.25, 0.3) is 0 Å². The van der Waals surface area contributed by atoms with Gasteiger partial charge >= 0.3 is 11.9 Å². The van der Waals surface area contributed by atoms with Crippen molar-refractivity contribution in [3.63, 3.8) is 0 Å². The van der Waals surface area contributed by atoms with Crippen molar-refractivity contribution in [2.45, 2.75) is 26.5 Å². The zero-order valence-corrected chi connectivity index (χ0v) is 16.3. The lowest BCUT2D eigenvalue weighted by atomic mass is 10.1. The van der Waals surface area contributed by atoms with Crippen LogP contribution in [0.4, 0.5) is 0 Å². The molecule has 28 heavy (non-hydrogen) atoms. The average Bonchev–Trinajstić information content (AvgIpc) is 2.71. The van der Waals surface area contributed by atoms with Gasteiger partial charge < -0.3 is 19.5 Å². The summed E-state index contributed by atoms with van der Waals surface area (Å²) in [6, 6.07) is 12.0. The van der Waals surface area contributed by atoms with Crippen molar-refractivity contribution in [2.75, 3.05) is 14.2 Å². The first-order chi connectivity index (χ1) is 13.3. The van der Waals surface area contributed by atoms with E-state index in [4.69, 9.17) is 4.74 Å². The zero-order valence-electron chi connectivity index (χ0n) is 16.3. The Morgan fingerprint density at radius 2 is 1.46 bits per heavy atom. The molecule has 2 rings (SSSR count). The van der Waals surface area contributed by atoms with Crippen molar-refractivity contribution in [1.82, 2.24) is 5.32 Å². The van der Waals surface area contributed by atoms with Crippen molar-refractivity contribution in [3.05, 3.63) is 64.7 Å². The molecule has 7 nitrogen and oxygen atoms in total. The molecule has 0 aromatic heterocycles. The van der Waals surface area contributed by atoms with E-state index in [0.717, 1.165) is 11.1 Å². The lowest BCUT2D eigenvalue weighted by molar-refractivity contribution is -0.127. The first-order valence-corrected chi connectivity index (χ1v) is 8.65. The Kier molecular flexibility index (Phi) is 7.14. The summed E-state index contributed by atoms with van der Waals surface area (Å²) in [5.41, 5.74) is 2.34. The van der Waals surface area contributed by atoms with Gasteiger partial charge in [-0.15, -0.1) is 0 Å². The molecule has 0 spiro atoms. The van der Waals surface area contributed by atoms with Crippen molar-refractivity contribution in [1.29, 1.82) is 0 Å². The summed E-state index contributed by atoms with van der Waals surface area (Å²) in [5.74, 6) is -1.41. The third-order valence-corrected chi connectivity index (χ3v) is 4.02. The van der Waals surface area contributed by atoms with Crippen LogP contribution < -0.4 is 10.1 Å². The number of amides is 1. The molecule has 2 aromatic carbocycles. The second kappa shape index (κ2) is 9.55. The molecule has 1 amide bonds. The van der Waals surface area contributed by atoms with Gasteiger partial charge in [0.25, 0.3) is 5.91 Å². The lowest BCUT2D eigenvalue weighted by Crippen LogP contribution is -2.36. The SMILES string of the molecule is COC(=O)c1cc(O[C@@H](C)C(=O)NCc2ccc(C)cc2)cc(C(=O)OC)c1. The van der Waals surface area contributed by atoms with Crippen LogP contribution in [-0.2, 0) is 20.8 Å². The fraction of sp³-hybridized carbons (Fsp3) is 0.286. The topological polar surface area (TPSA) is 90.9 Å². The van der Waals surface area contributed by atoms with Crippen molar-refractivity contribution < 1.29 is 28.6 Å². The molecule has 0 heterocycles. The van der Waals surface area contributed by atoms with Gasteiger partial charge in [-0.2, -0.15) is 0 Å². The average molecular weight is 385 g/mol. The van der Waals surface area contributed by atoms with Crippen LogP contribution in [0.5, 0.6) is 5.75 Å². The fourth-order valence-corrected chi connectivity index (χ4v) is 2.43. The standard InChI is InChI=1S/C21H23NO6/c1-13-5-7-15(8-6-13)12-22-19(23)14(2)28-18-10-16(20(24)26-3)9-17(11-18)21(25)27-4/h5-11,14H,12H2,1-4H3,(H,22,23)/t14-/m0/s1. The monoisotopic (exact) mass is 385 g/mol. The van der Waals surface area contributed by atoms with Gasteiger partial charge in [0.1, 0.15) is 5.75 Å². The van der Waals surface area contributed by atoms with E-state index in [0.29, 0.717) is 6.54 Å². The molecular weight excluding hydrogens is 362 g/mol. The number of aryl methyl sites for hydroxylation is 1. The Morgan fingerprint density at radius 3 is 1.96 bits per heavy atom. The molecule has 0 fully saturated rings. The number of nitrogens with one attached hydrogen (secondary N) is 1. The van der Waals surface area contributed by atoms with E-state index in [1.54, 1.807) is 6.92 Å². The van der Waals surface area contributed by atoms with Crippen molar-refractivity contribution in [2.24, 2.45) is 0 Å². The molecule has 1 atom stereocenters. The summed E-state index contributed by atoms with van der Waals surface area (Å²) in [5, 5.41) is 2.79. The minimum absolute atomic E-state index is 0.118. The largest absolute Gasteiger partial charge is 0.481 e. The number of benzene rings is 2.